The third-order valence-corrected chi connectivity index (χ3v) is 6.96. The summed E-state index contributed by atoms with van der Waals surface area (Å²) in [6, 6.07) is 14.5. The molecule has 4 heterocycles. The maximum absolute atomic E-state index is 5.84. The maximum atomic E-state index is 5.84. The molecular formula is C26H31N5O2S. The smallest absolute Gasteiger partial charge is 0.231 e. The molecule has 2 atom stereocenters. The average molecular weight is 478 g/mol. The highest BCUT2D eigenvalue weighted by Gasteiger charge is 2.41. The largest absolute Gasteiger partial charge is 0.454 e. The van der Waals surface area contributed by atoms with Crippen LogP contribution in [-0.4, -0.2) is 58.4 Å². The summed E-state index contributed by atoms with van der Waals surface area (Å²) < 4.78 is 13.4. The molecule has 0 bridgehead atoms. The first-order valence-corrected chi connectivity index (χ1v) is 12.1. The van der Waals surface area contributed by atoms with Gasteiger partial charge in [-0.05, 0) is 89.0 Å². The summed E-state index contributed by atoms with van der Waals surface area (Å²) in [5.41, 5.74) is 5.66. The number of hydrogen-bond acceptors (Lipinski definition) is 5. The van der Waals surface area contributed by atoms with Gasteiger partial charge in [-0.15, -0.1) is 0 Å². The lowest BCUT2D eigenvalue weighted by atomic mass is 9.96. The Balaban J connectivity index is 1.55. The van der Waals surface area contributed by atoms with E-state index in [4.69, 9.17) is 21.7 Å². The summed E-state index contributed by atoms with van der Waals surface area (Å²) >= 11 is 5.84. The van der Waals surface area contributed by atoms with E-state index in [0.29, 0.717) is 0 Å². The quantitative estimate of drug-likeness (QED) is 0.513. The van der Waals surface area contributed by atoms with E-state index in [1.165, 1.54) is 11.3 Å². The van der Waals surface area contributed by atoms with Crippen LogP contribution < -0.4 is 14.8 Å². The molecule has 0 radical (unpaired) electrons. The molecule has 2 aliphatic heterocycles. The van der Waals surface area contributed by atoms with Crippen molar-refractivity contribution in [2.24, 2.45) is 0 Å². The van der Waals surface area contributed by atoms with Gasteiger partial charge in [-0.3, -0.25) is 4.98 Å². The Bertz CT molecular complexity index is 1190. The summed E-state index contributed by atoms with van der Waals surface area (Å²) in [7, 11) is 4.21. The van der Waals surface area contributed by atoms with Crippen LogP contribution in [0.15, 0.2) is 48.7 Å². The maximum Gasteiger partial charge on any atom is 0.231 e. The summed E-state index contributed by atoms with van der Waals surface area (Å²) in [5.74, 6) is 1.57. The number of rotatable bonds is 7. The second-order valence-electron chi connectivity index (χ2n) is 9.18. The van der Waals surface area contributed by atoms with Gasteiger partial charge in [0.1, 0.15) is 0 Å². The van der Waals surface area contributed by atoms with Crippen LogP contribution in [0.4, 0.5) is 0 Å². The minimum absolute atomic E-state index is 0.0150. The summed E-state index contributed by atoms with van der Waals surface area (Å²) in [5, 5.41) is 4.36. The molecule has 0 saturated carbocycles. The molecule has 3 aromatic rings. The highest BCUT2D eigenvalue weighted by atomic mass is 32.1. The van der Waals surface area contributed by atoms with Crippen molar-refractivity contribution in [3.8, 4) is 17.2 Å². The van der Waals surface area contributed by atoms with E-state index in [1.807, 2.05) is 24.4 Å². The minimum atomic E-state index is -0.0150. The Hall–Kier alpha value is -3.10. The predicted molar refractivity (Wildman–Crippen MR) is 137 cm³/mol. The highest BCUT2D eigenvalue weighted by Crippen LogP contribution is 2.42. The fourth-order valence-corrected chi connectivity index (χ4v) is 5.38. The van der Waals surface area contributed by atoms with Gasteiger partial charge in [0.15, 0.2) is 16.6 Å². The van der Waals surface area contributed by atoms with E-state index >= 15 is 0 Å². The van der Waals surface area contributed by atoms with Crippen LogP contribution in [0.3, 0.4) is 0 Å². The topological polar surface area (TPSA) is 54.8 Å². The van der Waals surface area contributed by atoms with Crippen LogP contribution in [0.2, 0.25) is 0 Å². The van der Waals surface area contributed by atoms with Gasteiger partial charge in [-0.2, -0.15) is 0 Å². The summed E-state index contributed by atoms with van der Waals surface area (Å²) in [6.07, 6.45) is 2.88. The molecule has 5 rings (SSSR count). The number of fused-ring (bicyclic) bond motifs is 1. The van der Waals surface area contributed by atoms with E-state index < -0.39 is 0 Å². The Morgan fingerprint density at radius 2 is 1.94 bits per heavy atom. The van der Waals surface area contributed by atoms with Crippen molar-refractivity contribution in [1.29, 1.82) is 0 Å². The minimum Gasteiger partial charge on any atom is -0.454 e. The number of nitrogens with one attached hydrogen (secondary N) is 1. The fourth-order valence-electron chi connectivity index (χ4n) is 5.05. The van der Waals surface area contributed by atoms with Crippen LogP contribution >= 0.6 is 12.2 Å². The molecule has 1 aromatic carbocycles. The highest BCUT2D eigenvalue weighted by molar-refractivity contribution is 7.80. The van der Waals surface area contributed by atoms with Gasteiger partial charge in [0.2, 0.25) is 6.79 Å². The average Bonchev–Trinajstić information content (AvgIpc) is 3.49. The van der Waals surface area contributed by atoms with Gasteiger partial charge in [-0.25, -0.2) is 0 Å². The van der Waals surface area contributed by atoms with Crippen molar-refractivity contribution in [3.63, 3.8) is 0 Å². The van der Waals surface area contributed by atoms with Gasteiger partial charge < -0.3 is 29.2 Å². The summed E-state index contributed by atoms with van der Waals surface area (Å²) in [6.45, 7) is 6.49. The first-order chi connectivity index (χ1) is 16.4. The molecule has 7 nitrogen and oxygen atoms in total. The van der Waals surface area contributed by atoms with Crippen molar-refractivity contribution >= 4 is 17.3 Å². The van der Waals surface area contributed by atoms with E-state index in [1.54, 1.807) is 0 Å². The van der Waals surface area contributed by atoms with Crippen molar-refractivity contribution in [3.05, 3.63) is 71.3 Å². The Morgan fingerprint density at radius 3 is 2.71 bits per heavy atom. The Labute approximate surface area is 206 Å². The van der Waals surface area contributed by atoms with E-state index in [9.17, 15) is 0 Å². The first kappa shape index (κ1) is 22.7. The molecule has 0 aliphatic carbocycles. The van der Waals surface area contributed by atoms with E-state index in [-0.39, 0.29) is 18.9 Å². The third-order valence-electron chi connectivity index (χ3n) is 6.61. The molecule has 1 saturated heterocycles. The van der Waals surface area contributed by atoms with Crippen LogP contribution in [0.1, 0.15) is 41.1 Å². The zero-order valence-corrected chi connectivity index (χ0v) is 20.9. The molecular weight excluding hydrogens is 446 g/mol. The molecule has 1 N–H and O–H groups in total. The molecule has 2 aromatic heterocycles. The van der Waals surface area contributed by atoms with Gasteiger partial charge in [-0.1, -0.05) is 6.07 Å². The number of ether oxygens (including phenoxy) is 2. The van der Waals surface area contributed by atoms with Crippen LogP contribution in [0.5, 0.6) is 11.5 Å². The molecule has 2 unspecified atom stereocenters. The van der Waals surface area contributed by atoms with Crippen molar-refractivity contribution < 1.29 is 9.47 Å². The van der Waals surface area contributed by atoms with Crippen molar-refractivity contribution in [2.45, 2.75) is 32.4 Å². The predicted octanol–water partition coefficient (Wildman–Crippen LogP) is 4.14. The standard InChI is InChI=1S/C26H31N5O2S/c1-17-14-20(18(2)31(17)19-9-10-22-23(15-19)33-16-32-22)25-24(21-8-5-6-11-27-21)28-26(34)30(25)13-7-12-29(3)4/h5-6,8-11,14-15,24-25H,7,12-13,16H2,1-4H3,(H,28,34). The lowest BCUT2D eigenvalue weighted by Gasteiger charge is -2.28. The molecule has 1 fully saturated rings. The van der Waals surface area contributed by atoms with Gasteiger partial charge in [0, 0.05) is 35.9 Å². The van der Waals surface area contributed by atoms with Crippen LogP contribution in [0, 0.1) is 13.8 Å². The van der Waals surface area contributed by atoms with Crippen molar-refractivity contribution in [2.75, 3.05) is 34.0 Å². The number of thiocarbonyl (C=S) groups is 1. The SMILES string of the molecule is Cc1cc(C2C(c3ccccn3)NC(=S)N2CCCN(C)C)c(C)n1-c1ccc2c(c1)OCO2. The number of nitrogens with zero attached hydrogens (tertiary/aromatic N) is 4. The molecule has 8 heteroatoms. The van der Waals surface area contributed by atoms with E-state index in [2.05, 4.69) is 76.9 Å². The Kier molecular flexibility index (Phi) is 6.18. The zero-order valence-electron chi connectivity index (χ0n) is 20.1. The number of hydrogen-bond donors (Lipinski definition) is 1. The third kappa shape index (κ3) is 4.12. The second kappa shape index (κ2) is 9.27. The van der Waals surface area contributed by atoms with Crippen LogP contribution in [0.25, 0.3) is 5.69 Å². The number of aryl methyl sites for hydroxylation is 1. The lowest BCUT2D eigenvalue weighted by molar-refractivity contribution is 0.174. The number of pyridine rings is 1. The Morgan fingerprint density at radius 1 is 1.12 bits per heavy atom. The molecule has 34 heavy (non-hydrogen) atoms. The molecule has 178 valence electrons. The lowest BCUT2D eigenvalue weighted by Crippen LogP contribution is -2.32. The molecule has 0 amide bonds. The fraction of sp³-hybridized carbons (Fsp3) is 0.385. The first-order valence-electron chi connectivity index (χ1n) is 11.7. The summed E-state index contributed by atoms with van der Waals surface area (Å²) in [4.78, 5) is 9.22. The number of aromatic nitrogens is 2. The number of benzene rings is 1. The second-order valence-corrected chi connectivity index (χ2v) is 9.56. The van der Waals surface area contributed by atoms with Gasteiger partial charge in [0.05, 0.1) is 17.8 Å². The molecule has 0 spiro atoms. The van der Waals surface area contributed by atoms with Crippen molar-refractivity contribution in [1.82, 2.24) is 24.7 Å². The normalized spacial score (nSPS) is 19.2. The van der Waals surface area contributed by atoms with Gasteiger partial charge in [0.25, 0.3) is 0 Å². The van der Waals surface area contributed by atoms with Gasteiger partial charge >= 0.3 is 0 Å². The van der Waals surface area contributed by atoms with Crippen LogP contribution in [-0.2, 0) is 0 Å². The zero-order chi connectivity index (χ0) is 23.8. The van der Waals surface area contributed by atoms with E-state index in [0.717, 1.165) is 53.2 Å². The monoisotopic (exact) mass is 477 g/mol. The molecule has 2 aliphatic rings.